The summed E-state index contributed by atoms with van der Waals surface area (Å²) in [6, 6.07) is 4.79. The van der Waals surface area contributed by atoms with Gasteiger partial charge in [-0.3, -0.25) is 9.59 Å². The highest BCUT2D eigenvalue weighted by Crippen LogP contribution is 2.39. The second-order valence-corrected chi connectivity index (χ2v) is 18.3. The number of nitrogens with zero attached hydrogens (tertiary/aromatic N) is 5. The number of hydrogen-bond acceptors (Lipinski definition) is 15. The van der Waals surface area contributed by atoms with Crippen molar-refractivity contribution in [3.05, 3.63) is 30.2 Å². The van der Waals surface area contributed by atoms with Crippen LogP contribution in [0.5, 0.6) is 0 Å². The number of rotatable bonds is 12. The number of aliphatic hydroxyl groups excluding tert-OH is 1. The van der Waals surface area contributed by atoms with Crippen LogP contribution in [0.1, 0.15) is 120 Å². The van der Waals surface area contributed by atoms with E-state index in [-0.39, 0.29) is 62.2 Å². The third kappa shape index (κ3) is 12.8. The smallest absolute Gasteiger partial charge is 0.351 e. The number of likely N-dealkylation sites (N-methyl/N-ethyl adjacent to an activating group) is 1. The molecule has 0 aromatic carbocycles. The van der Waals surface area contributed by atoms with Crippen LogP contribution in [-0.2, 0) is 40.0 Å². The van der Waals surface area contributed by atoms with Crippen LogP contribution < -0.4 is 5.73 Å². The monoisotopic (exact) mass is 887 g/mol. The van der Waals surface area contributed by atoms with Crippen molar-refractivity contribution in [1.82, 2.24) is 14.9 Å². The predicted octanol–water partition coefficient (Wildman–Crippen LogP) is 6.50. The van der Waals surface area contributed by atoms with E-state index in [2.05, 4.69) is 20.1 Å². The van der Waals surface area contributed by atoms with Gasteiger partial charge in [-0.15, -0.1) is 0 Å². The number of ketones is 1. The van der Waals surface area contributed by atoms with Crippen LogP contribution in [-0.4, -0.2) is 116 Å². The van der Waals surface area contributed by atoms with E-state index in [1.54, 1.807) is 32.0 Å². The molecule has 2 unspecified atom stereocenters. The van der Waals surface area contributed by atoms with Crippen molar-refractivity contribution in [2.45, 2.75) is 169 Å². The molecular weight excluding hydrogens is 816 g/mol. The van der Waals surface area contributed by atoms with Crippen LogP contribution in [0.4, 0.5) is 10.2 Å². The van der Waals surface area contributed by atoms with Gasteiger partial charge in [-0.05, 0) is 103 Å². The molecule has 2 aliphatic rings. The van der Waals surface area contributed by atoms with Crippen molar-refractivity contribution in [2.75, 3.05) is 19.8 Å². The summed E-state index contributed by atoms with van der Waals surface area (Å²) in [6.45, 7) is 16.7. The maximum atomic E-state index is 16.9. The van der Waals surface area contributed by atoms with E-state index >= 15 is 4.39 Å². The van der Waals surface area contributed by atoms with E-state index in [0.29, 0.717) is 47.9 Å². The largest absolute Gasteiger partial charge is 0.457 e. The van der Waals surface area contributed by atoms with Crippen molar-refractivity contribution in [1.29, 1.82) is 0 Å². The molecule has 0 radical (unpaired) electrons. The molecular formula is C46H71FN6O10. The molecule has 4 heterocycles. The lowest BCUT2D eigenvalue weighted by Crippen LogP contribution is -2.57. The normalized spacial score (nSPS) is 33.2. The van der Waals surface area contributed by atoms with Crippen molar-refractivity contribution < 1.29 is 52.5 Å². The summed E-state index contributed by atoms with van der Waals surface area (Å²) in [6.07, 6.45) is -1.44. The Morgan fingerprint density at radius 1 is 1.10 bits per heavy atom. The number of carbonyl (C=O) groups excluding carboxylic acids is 3. The number of aliphatic imine (C=N–C) groups is 1. The summed E-state index contributed by atoms with van der Waals surface area (Å²) in [5.41, 5.74) is 2.94. The number of alkyl halides is 1. The maximum Gasteiger partial charge on any atom is 0.351 e. The summed E-state index contributed by atoms with van der Waals surface area (Å²) < 4.78 is 41.0. The molecule has 12 atom stereocenters. The first-order chi connectivity index (χ1) is 29.5. The lowest BCUT2D eigenvalue weighted by molar-refractivity contribution is -0.278. The highest BCUT2D eigenvalue weighted by atomic mass is 19.1. The first-order valence-corrected chi connectivity index (χ1v) is 22.3. The number of anilines is 1. The number of Topliss-reactive ketones (excluding diaryl/α,β-unsaturated/α-hetero) is 1. The number of hydrogen-bond donors (Lipinski definition) is 3. The zero-order valence-electron chi connectivity index (χ0n) is 39.2. The molecule has 2 aromatic heterocycles. The predicted molar refractivity (Wildman–Crippen MR) is 236 cm³/mol. The first-order valence-electron chi connectivity index (χ1n) is 22.3. The van der Waals surface area contributed by atoms with Gasteiger partial charge in [-0.2, -0.15) is 0 Å². The summed E-state index contributed by atoms with van der Waals surface area (Å²) in [4.78, 5) is 61.9. The second kappa shape index (κ2) is 22.2. The standard InChI is InChI=1S/C46H71FN6O10/c1-13-35-46(10,58)32(28(7)38(25(3)4)51-37(54)14-2)21-20-30(52-60-24-31-23-59-42(49-31)33-16-15-17-36(48)50-33)19-18-26(5)40(29(8)41(56)45(9,47)44(57)62-35)63-43-39(55)34(53(11)12)22-27(6)61-43/h15-17,23,25-29,32,34-35,39-40,43,55,58H,13-14,18-22,24H2,1-12H3,(H2,48,50)/b51-38+,52-30-/t26?,27-,28-,29-,32-,34?,35-,39-,40+,43+,45+,46+/m1/s1. The van der Waals surface area contributed by atoms with Gasteiger partial charge in [-0.25, -0.2) is 24.1 Å². The average Bonchev–Trinajstić information content (AvgIpc) is 3.71. The van der Waals surface area contributed by atoms with Gasteiger partial charge in [0.25, 0.3) is 5.67 Å². The molecule has 16 nitrogen and oxygen atoms in total. The minimum atomic E-state index is -3.14. The number of nitrogens with two attached hydrogens (primary N) is 1. The molecule has 4 N–H and O–H groups in total. The Labute approximate surface area is 371 Å². The minimum Gasteiger partial charge on any atom is -0.457 e. The van der Waals surface area contributed by atoms with Gasteiger partial charge in [0.1, 0.15) is 41.3 Å². The van der Waals surface area contributed by atoms with Crippen molar-refractivity contribution in [3.63, 3.8) is 0 Å². The zero-order valence-corrected chi connectivity index (χ0v) is 39.2. The van der Waals surface area contributed by atoms with E-state index in [1.165, 1.54) is 20.1 Å². The number of cyclic esters (lactones) is 1. The maximum absolute atomic E-state index is 16.9. The number of aliphatic hydroxyl groups is 2. The molecule has 0 spiro atoms. The molecule has 352 valence electrons. The Morgan fingerprint density at radius 3 is 2.40 bits per heavy atom. The number of nitrogen functional groups attached to an aromatic ring is 1. The van der Waals surface area contributed by atoms with Gasteiger partial charge in [0.15, 0.2) is 18.7 Å². The van der Waals surface area contributed by atoms with Gasteiger partial charge in [0, 0.05) is 30.0 Å². The molecule has 1 amide bonds. The van der Waals surface area contributed by atoms with Crippen LogP contribution in [0.25, 0.3) is 11.6 Å². The fraction of sp³-hybridized carbons (Fsp3) is 0.717. The van der Waals surface area contributed by atoms with E-state index in [4.69, 9.17) is 29.2 Å². The first kappa shape index (κ1) is 51.5. The number of oxazole rings is 1. The Morgan fingerprint density at radius 2 is 1.78 bits per heavy atom. The summed E-state index contributed by atoms with van der Waals surface area (Å²) >= 11 is 0. The van der Waals surface area contributed by atoms with Crippen LogP contribution >= 0.6 is 0 Å². The molecule has 0 aliphatic carbocycles. The Bertz CT molecular complexity index is 1920. The van der Waals surface area contributed by atoms with E-state index in [9.17, 15) is 24.6 Å². The van der Waals surface area contributed by atoms with Crippen LogP contribution in [0, 0.1) is 29.6 Å². The van der Waals surface area contributed by atoms with Crippen LogP contribution in [0.2, 0.25) is 0 Å². The van der Waals surface area contributed by atoms with Gasteiger partial charge in [0.2, 0.25) is 11.8 Å². The van der Waals surface area contributed by atoms with Gasteiger partial charge < -0.3 is 44.3 Å². The number of aromatic nitrogens is 2. The molecule has 2 fully saturated rings. The Balaban J connectivity index is 1.79. The lowest BCUT2D eigenvalue weighted by atomic mass is 9.70. The summed E-state index contributed by atoms with van der Waals surface area (Å²) in [5.74, 6) is -5.41. The van der Waals surface area contributed by atoms with Crippen LogP contribution in [0.15, 0.2) is 39.0 Å². The van der Waals surface area contributed by atoms with E-state index in [0.717, 1.165) is 6.92 Å². The molecule has 17 heteroatoms. The number of halogens is 1. The molecule has 4 rings (SSSR count). The van der Waals surface area contributed by atoms with Crippen molar-refractivity contribution >= 4 is 34.9 Å². The molecule has 0 saturated carbocycles. The molecule has 0 bridgehead atoms. The number of carbonyl (C=O) groups is 3. The zero-order chi connectivity index (χ0) is 47.0. The number of ether oxygens (including phenoxy) is 3. The van der Waals surface area contributed by atoms with Crippen molar-refractivity contribution in [3.8, 4) is 11.6 Å². The highest BCUT2D eigenvalue weighted by Gasteiger charge is 2.52. The van der Waals surface area contributed by atoms with Gasteiger partial charge in [-0.1, -0.05) is 59.7 Å². The molecule has 2 aromatic rings. The minimum absolute atomic E-state index is 0.0615. The van der Waals surface area contributed by atoms with E-state index < -0.39 is 71.3 Å². The average molecular weight is 887 g/mol. The molecule has 2 aliphatic heterocycles. The topological polar surface area (TPSA) is 221 Å². The van der Waals surface area contributed by atoms with E-state index in [1.807, 2.05) is 53.6 Å². The third-order valence-electron chi connectivity index (χ3n) is 12.7. The van der Waals surface area contributed by atoms with Gasteiger partial charge in [0.05, 0.1) is 17.9 Å². The third-order valence-corrected chi connectivity index (χ3v) is 12.7. The number of pyridine rings is 1. The SMILES string of the molecule is CCC(=O)/N=C(\C(C)C)[C@H](C)[C@H]1CC/C(=N\OCc2coc(-c3cccc(N)n3)n2)CCC(C)[C@H](O[C@@H]2O[C@H](C)CC(N(C)C)[C@H]2O)[C@@H](C)C(=O)[C@](C)(F)C(=O)O[C@H](CC)[C@@]1(C)O. The summed E-state index contributed by atoms with van der Waals surface area (Å²) in [5, 5.41) is 28.6. The van der Waals surface area contributed by atoms with Crippen molar-refractivity contribution in [2.24, 2.45) is 39.7 Å². The summed E-state index contributed by atoms with van der Waals surface area (Å²) in [7, 11) is 3.69. The lowest BCUT2D eigenvalue weighted by Gasteiger charge is -2.44. The number of amides is 1. The Kier molecular flexibility index (Phi) is 18.1. The second-order valence-electron chi connectivity index (χ2n) is 18.3. The fourth-order valence-electron chi connectivity index (χ4n) is 8.91. The Hall–Kier alpha value is -4.16. The number of esters is 1. The molecule has 63 heavy (non-hydrogen) atoms. The van der Waals surface area contributed by atoms with Crippen LogP contribution in [0.3, 0.4) is 0 Å². The highest BCUT2D eigenvalue weighted by molar-refractivity contribution is 6.07. The fourth-order valence-corrected chi connectivity index (χ4v) is 8.91. The number of oxime groups is 1. The van der Waals surface area contributed by atoms with Gasteiger partial charge >= 0.3 is 5.97 Å². The molecule has 2 saturated heterocycles. The quantitative estimate of drug-likeness (QED) is 0.0896.